The van der Waals surface area contributed by atoms with Gasteiger partial charge in [-0.15, -0.1) is 0 Å². The standard InChI is InChI=1S/C13H13BrClNO2/c14-11-7-8(1-6-12(11)15)13(18)16-9-2-4-10(17)5-3-9/h1,6-7,9H,2-5H2,(H,16,18). The summed E-state index contributed by atoms with van der Waals surface area (Å²) in [7, 11) is 0. The van der Waals surface area contributed by atoms with Crippen LogP contribution >= 0.6 is 27.5 Å². The van der Waals surface area contributed by atoms with Gasteiger partial charge >= 0.3 is 0 Å². The van der Waals surface area contributed by atoms with Crippen LogP contribution in [0.3, 0.4) is 0 Å². The van der Waals surface area contributed by atoms with Crippen molar-refractivity contribution in [3.05, 3.63) is 33.3 Å². The number of halogens is 2. The molecule has 1 aliphatic carbocycles. The van der Waals surface area contributed by atoms with E-state index in [9.17, 15) is 9.59 Å². The third-order valence-electron chi connectivity index (χ3n) is 3.06. The van der Waals surface area contributed by atoms with Gasteiger partial charge in [0.2, 0.25) is 0 Å². The lowest BCUT2D eigenvalue weighted by Gasteiger charge is -2.22. The Morgan fingerprint density at radius 3 is 2.61 bits per heavy atom. The second-order valence-electron chi connectivity index (χ2n) is 4.42. The van der Waals surface area contributed by atoms with E-state index in [0.29, 0.717) is 27.9 Å². The van der Waals surface area contributed by atoms with Crippen LogP contribution in [0.5, 0.6) is 0 Å². The molecule has 0 atom stereocenters. The van der Waals surface area contributed by atoms with E-state index in [0.717, 1.165) is 12.8 Å². The fourth-order valence-electron chi connectivity index (χ4n) is 1.99. The first-order valence-corrected chi connectivity index (χ1v) is 7.01. The van der Waals surface area contributed by atoms with Gasteiger partial charge in [-0.25, -0.2) is 0 Å². The number of carbonyl (C=O) groups excluding carboxylic acids is 2. The van der Waals surface area contributed by atoms with Crippen molar-refractivity contribution in [3.63, 3.8) is 0 Å². The Bertz CT molecular complexity index is 480. The highest BCUT2D eigenvalue weighted by molar-refractivity contribution is 9.10. The van der Waals surface area contributed by atoms with Crippen molar-refractivity contribution in [2.45, 2.75) is 31.7 Å². The molecule has 1 aromatic rings. The zero-order valence-electron chi connectivity index (χ0n) is 9.71. The molecule has 1 N–H and O–H groups in total. The van der Waals surface area contributed by atoms with E-state index in [1.54, 1.807) is 18.2 Å². The number of ketones is 1. The van der Waals surface area contributed by atoms with Gasteiger partial charge < -0.3 is 5.32 Å². The number of rotatable bonds is 2. The van der Waals surface area contributed by atoms with Gasteiger partial charge in [-0.1, -0.05) is 11.6 Å². The SMILES string of the molecule is O=C1CCC(NC(=O)c2ccc(Cl)c(Br)c2)CC1. The van der Waals surface area contributed by atoms with Gasteiger partial charge in [0, 0.05) is 28.9 Å². The lowest BCUT2D eigenvalue weighted by atomic mass is 9.94. The minimum Gasteiger partial charge on any atom is -0.349 e. The summed E-state index contributed by atoms with van der Waals surface area (Å²) in [5.74, 6) is 0.168. The van der Waals surface area contributed by atoms with Crippen LogP contribution in [0.15, 0.2) is 22.7 Å². The summed E-state index contributed by atoms with van der Waals surface area (Å²) in [4.78, 5) is 23.1. The van der Waals surface area contributed by atoms with Crippen LogP contribution in [0.2, 0.25) is 5.02 Å². The van der Waals surface area contributed by atoms with Crippen molar-refractivity contribution in [1.29, 1.82) is 0 Å². The molecule has 5 heteroatoms. The highest BCUT2D eigenvalue weighted by atomic mass is 79.9. The number of benzene rings is 1. The maximum atomic E-state index is 12.0. The fourth-order valence-corrected chi connectivity index (χ4v) is 2.49. The highest BCUT2D eigenvalue weighted by Crippen LogP contribution is 2.23. The van der Waals surface area contributed by atoms with E-state index in [2.05, 4.69) is 21.2 Å². The Kier molecular flexibility index (Phi) is 4.40. The number of hydrogen-bond acceptors (Lipinski definition) is 2. The quantitative estimate of drug-likeness (QED) is 0.904. The number of nitrogens with one attached hydrogen (secondary N) is 1. The zero-order chi connectivity index (χ0) is 13.1. The molecule has 0 spiro atoms. The molecule has 0 saturated heterocycles. The van der Waals surface area contributed by atoms with Gasteiger partial charge in [-0.3, -0.25) is 9.59 Å². The average Bonchev–Trinajstić information content (AvgIpc) is 2.35. The lowest BCUT2D eigenvalue weighted by molar-refractivity contribution is -0.120. The highest BCUT2D eigenvalue weighted by Gasteiger charge is 2.20. The van der Waals surface area contributed by atoms with Crippen LogP contribution in [-0.4, -0.2) is 17.7 Å². The third-order valence-corrected chi connectivity index (χ3v) is 4.27. The second-order valence-corrected chi connectivity index (χ2v) is 5.68. The molecule has 1 aliphatic rings. The molecule has 0 radical (unpaired) electrons. The van der Waals surface area contributed by atoms with Crippen LogP contribution in [0, 0.1) is 0 Å². The molecule has 18 heavy (non-hydrogen) atoms. The molecule has 2 rings (SSSR count). The Labute approximate surface area is 119 Å². The van der Waals surface area contributed by atoms with Crippen molar-refractivity contribution in [2.24, 2.45) is 0 Å². The molecule has 1 saturated carbocycles. The second kappa shape index (κ2) is 5.85. The first-order chi connectivity index (χ1) is 8.56. The molecule has 0 heterocycles. The maximum absolute atomic E-state index is 12.0. The number of amides is 1. The Morgan fingerprint density at radius 1 is 1.33 bits per heavy atom. The van der Waals surface area contributed by atoms with Crippen LogP contribution in [0.1, 0.15) is 36.0 Å². The molecular formula is C13H13BrClNO2. The summed E-state index contributed by atoms with van der Waals surface area (Å²) in [5, 5.41) is 3.53. The minimum atomic E-state index is -0.119. The molecule has 1 aromatic carbocycles. The predicted molar refractivity (Wildman–Crippen MR) is 73.9 cm³/mol. The fraction of sp³-hybridized carbons (Fsp3) is 0.385. The van der Waals surface area contributed by atoms with E-state index in [4.69, 9.17) is 11.6 Å². The molecule has 1 fully saturated rings. The lowest BCUT2D eigenvalue weighted by Crippen LogP contribution is -2.37. The molecule has 96 valence electrons. The first kappa shape index (κ1) is 13.6. The largest absolute Gasteiger partial charge is 0.349 e. The van der Waals surface area contributed by atoms with Gasteiger partial charge in [0.1, 0.15) is 5.78 Å². The zero-order valence-corrected chi connectivity index (χ0v) is 12.1. The Hall–Kier alpha value is -0.870. The van der Waals surface area contributed by atoms with Crippen molar-refractivity contribution < 1.29 is 9.59 Å². The van der Waals surface area contributed by atoms with Gasteiger partial charge in [0.15, 0.2) is 0 Å². The van der Waals surface area contributed by atoms with Crippen molar-refractivity contribution in [2.75, 3.05) is 0 Å². The molecule has 0 aliphatic heterocycles. The average molecular weight is 331 g/mol. The van der Waals surface area contributed by atoms with Crippen LogP contribution in [0.4, 0.5) is 0 Å². The summed E-state index contributed by atoms with van der Waals surface area (Å²) in [6, 6.07) is 5.18. The molecule has 0 bridgehead atoms. The van der Waals surface area contributed by atoms with E-state index in [-0.39, 0.29) is 17.7 Å². The van der Waals surface area contributed by atoms with E-state index < -0.39 is 0 Å². The Morgan fingerprint density at radius 2 is 2.00 bits per heavy atom. The van der Waals surface area contributed by atoms with E-state index in [1.807, 2.05) is 0 Å². The summed E-state index contributed by atoms with van der Waals surface area (Å²) < 4.78 is 0.704. The monoisotopic (exact) mass is 329 g/mol. The van der Waals surface area contributed by atoms with Crippen molar-refractivity contribution in [3.8, 4) is 0 Å². The number of hydrogen-bond donors (Lipinski definition) is 1. The predicted octanol–water partition coefficient (Wildman–Crippen LogP) is 3.34. The maximum Gasteiger partial charge on any atom is 0.251 e. The third kappa shape index (κ3) is 3.33. The molecule has 0 unspecified atom stereocenters. The normalized spacial score (nSPS) is 16.7. The van der Waals surface area contributed by atoms with E-state index >= 15 is 0 Å². The van der Waals surface area contributed by atoms with Gasteiger partial charge in [0.05, 0.1) is 5.02 Å². The summed E-state index contributed by atoms with van der Waals surface area (Å²) in [6.07, 6.45) is 2.60. The summed E-state index contributed by atoms with van der Waals surface area (Å²) in [5.41, 5.74) is 0.572. The van der Waals surface area contributed by atoms with Gasteiger partial charge in [-0.05, 0) is 47.0 Å². The van der Waals surface area contributed by atoms with Gasteiger partial charge in [0.25, 0.3) is 5.91 Å². The molecule has 1 amide bonds. The first-order valence-electron chi connectivity index (χ1n) is 5.84. The number of carbonyl (C=O) groups is 2. The molecule has 3 nitrogen and oxygen atoms in total. The van der Waals surface area contributed by atoms with Crippen LogP contribution < -0.4 is 5.32 Å². The Balaban J connectivity index is 1.99. The minimum absolute atomic E-state index is 0.102. The molecule has 0 aromatic heterocycles. The van der Waals surface area contributed by atoms with Gasteiger partial charge in [-0.2, -0.15) is 0 Å². The van der Waals surface area contributed by atoms with E-state index in [1.165, 1.54) is 0 Å². The van der Waals surface area contributed by atoms with Crippen molar-refractivity contribution >= 4 is 39.2 Å². The number of Topliss-reactive ketones (excluding diaryl/α,β-unsaturated/α-hetero) is 1. The summed E-state index contributed by atoms with van der Waals surface area (Å²) >= 11 is 9.17. The topological polar surface area (TPSA) is 46.2 Å². The van der Waals surface area contributed by atoms with Crippen LogP contribution in [0.25, 0.3) is 0 Å². The van der Waals surface area contributed by atoms with Crippen molar-refractivity contribution in [1.82, 2.24) is 5.32 Å². The smallest absolute Gasteiger partial charge is 0.251 e. The molecular weight excluding hydrogens is 318 g/mol. The summed E-state index contributed by atoms with van der Waals surface area (Å²) in [6.45, 7) is 0. The van der Waals surface area contributed by atoms with Crippen LogP contribution in [-0.2, 0) is 4.79 Å².